The van der Waals surface area contributed by atoms with Gasteiger partial charge in [0.2, 0.25) is 0 Å². The zero-order valence-corrected chi connectivity index (χ0v) is 20.0. The fourth-order valence-electron chi connectivity index (χ4n) is 3.89. The van der Waals surface area contributed by atoms with Gasteiger partial charge >= 0.3 is 0 Å². The van der Waals surface area contributed by atoms with Crippen molar-refractivity contribution in [2.75, 3.05) is 31.8 Å². The molecule has 1 aromatic carbocycles. The first-order valence-electron chi connectivity index (χ1n) is 10.8. The highest BCUT2D eigenvalue weighted by molar-refractivity contribution is 8.13. The number of carbonyl (C=O) groups is 1. The molecule has 1 amide bonds. The molecule has 0 bridgehead atoms. The fourth-order valence-corrected chi connectivity index (χ4v) is 4.67. The maximum absolute atomic E-state index is 12.4. The van der Waals surface area contributed by atoms with Gasteiger partial charge in [0.05, 0.1) is 24.5 Å². The number of nitrogens with one attached hydrogen (secondary N) is 2. The van der Waals surface area contributed by atoms with Gasteiger partial charge in [-0.1, -0.05) is 11.8 Å². The molecule has 2 N–H and O–H groups in total. The van der Waals surface area contributed by atoms with Gasteiger partial charge in [0.15, 0.2) is 17.5 Å². The van der Waals surface area contributed by atoms with E-state index in [1.807, 2.05) is 37.5 Å². The van der Waals surface area contributed by atoms with Gasteiger partial charge in [-0.3, -0.25) is 29.8 Å². The van der Waals surface area contributed by atoms with E-state index in [1.165, 1.54) is 16.3 Å². The highest BCUT2D eigenvalue weighted by Gasteiger charge is 2.27. The Hall–Kier alpha value is -3.96. The number of amides is 1. The summed E-state index contributed by atoms with van der Waals surface area (Å²) in [5.41, 5.74) is 3.31. The summed E-state index contributed by atoms with van der Waals surface area (Å²) >= 11 is 1.22. The van der Waals surface area contributed by atoms with Crippen LogP contribution in [0.15, 0.2) is 60.0 Å². The lowest BCUT2D eigenvalue weighted by Crippen LogP contribution is -2.40. The first-order chi connectivity index (χ1) is 16.9. The number of hydrogen-bond donors (Lipinski definition) is 2. The van der Waals surface area contributed by atoms with Gasteiger partial charge in [0, 0.05) is 54.5 Å². The molecule has 4 heterocycles. The number of hydrogen-bond acceptors (Lipinski definition) is 8. The van der Waals surface area contributed by atoms with Crippen molar-refractivity contribution in [2.45, 2.75) is 4.90 Å². The summed E-state index contributed by atoms with van der Waals surface area (Å²) < 4.78 is 14.2. The Kier molecular flexibility index (Phi) is 6.10. The Morgan fingerprint density at radius 1 is 1.20 bits per heavy atom. The summed E-state index contributed by atoms with van der Waals surface area (Å²) in [6.45, 7) is 0.761. The monoisotopic (exact) mass is 489 g/mol. The Labute approximate surface area is 205 Å². The number of benzene rings is 1. The van der Waals surface area contributed by atoms with Crippen molar-refractivity contribution in [2.24, 2.45) is 7.05 Å². The molecule has 5 rings (SSSR count). The number of aromatic nitrogens is 4. The van der Waals surface area contributed by atoms with Gasteiger partial charge < -0.3 is 14.4 Å². The lowest BCUT2D eigenvalue weighted by Gasteiger charge is -2.29. The maximum atomic E-state index is 12.4. The highest BCUT2D eigenvalue weighted by atomic mass is 32.2. The van der Waals surface area contributed by atoms with Crippen molar-refractivity contribution in [3.8, 4) is 16.9 Å². The Morgan fingerprint density at radius 2 is 2.06 bits per heavy atom. The molecule has 35 heavy (non-hydrogen) atoms. The largest absolute Gasteiger partial charge is 0.481 e. The second-order valence-corrected chi connectivity index (χ2v) is 9.02. The zero-order valence-electron chi connectivity index (χ0n) is 19.2. The van der Waals surface area contributed by atoms with Crippen molar-refractivity contribution in [1.29, 1.82) is 10.8 Å². The first-order valence-corrected chi connectivity index (χ1v) is 11.6. The van der Waals surface area contributed by atoms with E-state index in [1.54, 1.807) is 41.3 Å². The van der Waals surface area contributed by atoms with Crippen LogP contribution in [-0.2, 0) is 16.6 Å². The zero-order chi connectivity index (χ0) is 24.5. The summed E-state index contributed by atoms with van der Waals surface area (Å²) in [5, 5.41) is 22.1. The van der Waals surface area contributed by atoms with Gasteiger partial charge in [-0.25, -0.2) is 0 Å². The standard InChI is InChI=1S/C24H23N7O3S/c1-29-12-16(10-28-29)15-3-6-21(25)31(13-15)24(26)35-17-4-5-19-18(9-17)23-20(11-27-19)30(7-8-33-2)22(32)14-34-23/h3-6,9-13,25-26H,7-8,14H2,1-2H3. The van der Waals surface area contributed by atoms with Gasteiger partial charge in [-0.05, 0) is 30.3 Å². The predicted octanol–water partition coefficient (Wildman–Crippen LogP) is 2.86. The van der Waals surface area contributed by atoms with Gasteiger partial charge in [-0.2, -0.15) is 5.10 Å². The Bertz CT molecular complexity index is 1510. The third kappa shape index (κ3) is 4.43. The van der Waals surface area contributed by atoms with Crippen molar-refractivity contribution >= 4 is 39.4 Å². The lowest BCUT2D eigenvalue weighted by atomic mass is 10.1. The van der Waals surface area contributed by atoms with E-state index in [2.05, 4.69) is 10.1 Å². The van der Waals surface area contributed by atoms with E-state index in [-0.39, 0.29) is 23.2 Å². The van der Waals surface area contributed by atoms with E-state index >= 15 is 0 Å². The molecular weight excluding hydrogens is 466 g/mol. The van der Waals surface area contributed by atoms with Crippen LogP contribution < -0.4 is 15.1 Å². The Balaban J connectivity index is 1.47. The molecule has 0 saturated heterocycles. The molecule has 0 radical (unpaired) electrons. The molecule has 1 aliphatic rings. The number of pyridine rings is 2. The average molecular weight is 490 g/mol. The minimum absolute atomic E-state index is 0.0534. The predicted molar refractivity (Wildman–Crippen MR) is 133 cm³/mol. The summed E-state index contributed by atoms with van der Waals surface area (Å²) in [4.78, 5) is 19.3. The molecule has 4 aromatic rings. The number of aryl methyl sites for hydroxylation is 1. The van der Waals surface area contributed by atoms with Gasteiger partial charge in [0.25, 0.3) is 5.91 Å². The molecule has 178 valence electrons. The summed E-state index contributed by atoms with van der Waals surface area (Å²) in [5.74, 6) is 0.447. The number of thioether (sulfide) groups is 1. The molecule has 0 unspecified atom stereocenters. The van der Waals surface area contributed by atoms with E-state index in [0.29, 0.717) is 24.6 Å². The van der Waals surface area contributed by atoms with E-state index in [9.17, 15) is 4.79 Å². The van der Waals surface area contributed by atoms with E-state index in [4.69, 9.17) is 20.3 Å². The first kappa shape index (κ1) is 22.8. The van der Waals surface area contributed by atoms with E-state index in [0.717, 1.165) is 26.9 Å². The molecule has 10 nitrogen and oxygen atoms in total. The smallest absolute Gasteiger partial charge is 0.265 e. The highest BCUT2D eigenvalue weighted by Crippen LogP contribution is 2.39. The SMILES string of the molecule is COCCN1C(=O)COc2c1cnc1ccc(SC(=N)n3cc(-c4cnn(C)c4)ccc3=N)cc21. The summed E-state index contributed by atoms with van der Waals surface area (Å²) in [6.07, 6.45) is 7.05. The molecule has 0 saturated carbocycles. The molecule has 11 heteroatoms. The lowest BCUT2D eigenvalue weighted by molar-refractivity contribution is -0.121. The van der Waals surface area contributed by atoms with Crippen molar-refractivity contribution in [3.63, 3.8) is 0 Å². The molecule has 0 aliphatic carbocycles. The molecule has 0 spiro atoms. The Morgan fingerprint density at radius 3 is 2.83 bits per heavy atom. The number of fused-ring (bicyclic) bond motifs is 3. The number of ether oxygens (including phenoxy) is 2. The van der Waals surface area contributed by atoms with Crippen molar-refractivity contribution < 1.29 is 14.3 Å². The van der Waals surface area contributed by atoms with Crippen molar-refractivity contribution in [1.82, 2.24) is 19.3 Å². The third-order valence-electron chi connectivity index (χ3n) is 5.64. The quantitative estimate of drug-likeness (QED) is 0.253. The second-order valence-electron chi connectivity index (χ2n) is 7.96. The number of methoxy groups -OCH3 is 1. The van der Waals surface area contributed by atoms with Crippen LogP contribution in [0.1, 0.15) is 0 Å². The summed E-state index contributed by atoms with van der Waals surface area (Å²) in [6, 6.07) is 9.16. The van der Waals surface area contributed by atoms with Crippen molar-refractivity contribution in [3.05, 3.63) is 60.6 Å². The third-order valence-corrected chi connectivity index (χ3v) is 6.52. The van der Waals surface area contributed by atoms with Crippen LogP contribution in [0.5, 0.6) is 5.75 Å². The maximum Gasteiger partial charge on any atom is 0.265 e. The minimum Gasteiger partial charge on any atom is -0.481 e. The van der Waals surface area contributed by atoms with Gasteiger partial charge in [-0.15, -0.1) is 0 Å². The number of rotatable bonds is 5. The van der Waals surface area contributed by atoms with E-state index < -0.39 is 0 Å². The fraction of sp³-hybridized carbons (Fsp3) is 0.208. The normalized spacial score (nSPS) is 13.1. The van der Waals surface area contributed by atoms with Crippen LogP contribution in [0.3, 0.4) is 0 Å². The number of anilines is 1. The van der Waals surface area contributed by atoms with Crippen LogP contribution in [0.25, 0.3) is 22.0 Å². The summed E-state index contributed by atoms with van der Waals surface area (Å²) in [7, 11) is 3.44. The molecule has 0 atom stereocenters. The minimum atomic E-state index is -0.143. The molecule has 0 fully saturated rings. The molecule has 3 aromatic heterocycles. The second kappa shape index (κ2) is 9.35. The van der Waals surface area contributed by atoms with Crippen LogP contribution in [0.4, 0.5) is 5.69 Å². The number of carbonyl (C=O) groups excluding carboxylic acids is 1. The average Bonchev–Trinajstić information content (AvgIpc) is 3.29. The van der Waals surface area contributed by atoms with Gasteiger partial charge in [0.1, 0.15) is 11.2 Å². The molecular formula is C24H23N7O3S. The number of nitrogens with zero attached hydrogens (tertiary/aromatic N) is 5. The van der Waals surface area contributed by atoms with Crippen LogP contribution in [-0.4, -0.2) is 57.3 Å². The van der Waals surface area contributed by atoms with Crippen LogP contribution in [0, 0.1) is 10.8 Å². The van der Waals surface area contributed by atoms with Crippen LogP contribution >= 0.6 is 11.8 Å². The van der Waals surface area contributed by atoms with Crippen LogP contribution in [0.2, 0.25) is 0 Å². The molecule has 1 aliphatic heterocycles. The topological polar surface area (TPSA) is 122 Å².